The lowest BCUT2D eigenvalue weighted by Crippen LogP contribution is -2.20. The number of phenols is 2. The van der Waals surface area contributed by atoms with Crippen molar-refractivity contribution in [1.82, 2.24) is 0 Å². The maximum absolute atomic E-state index is 12.1. The van der Waals surface area contributed by atoms with Gasteiger partial charge in [0.2, 0.25) is 0 Å². The molecule has 2 aliphatic rings. The molecule has 2 unspecified atom stereocenters. The minimum Gasteiger partial charge on any atom is -0.508 e. The fourth-order valence-corrected chi connectivity index (χ4v) is 4.60. The Morgan fingerprint density at radius 2 is 0.947 bits per heavy atom. The monoisotopic (exact) mass is 548 g/mol. The van der Waals surface area contributed by atoms with Crippen molar-refractivity contribution in [3.8, 4) is 23.0 Å². The molecule has 6 nitrogen and oxygen atoms in total. The lowest BCUT2D eigenvalue weighted by atomic mass is 9.96. The van der Waals surface area contributed by atoms with E-state index in [2.05, 4.69) is 0 Å². The summed E-state index contributed by atoms with van der Waals surface area (Å²) in [6.07, 6.45) is -0.0838. The molecule has 4 aromatic carbocycles. The Bertz CT molecular complexity index is 1380. The molecule has 2 atom stereocenters. The lowest BCUT2D eigenvalue weighted by molar-refractivity contribution is 0.0840. The van der Waals surface area contributed by atoms with Gasteiger partial charge < -0.3 is 19.7 Å². The average molecular weight is 549 g/mol. The molecule has 2 aliphatic heterocycles. The second-order valence-electron chi connectivity index (χ2n) is 8.93. The van der Waals surface area contributed by atoms with Crippen LogP contribution in [-0.4, -0.2) is 21.8 Å². The first kappa shape index (κ1) is 25.6. The first-order valence-corrected chi connectivity index (χ1v) is 12.6. The van der Waals surface area contributed by atoms with E-state index in [0.717, 1.165) is 11.1 Å². The highest BCUT2D eigenvalue weighted by Crippen LogP contribution is 2.38. The second kappa shape index (κ2) is 10.8. The van der Waals surface area contributed by atoms with Gasteiger partial charge >= 0.3 is 0 Å². The number of rotatable bonds is 2. The van der Waals surface area contributed by atoms with Gasteiger partial charge in [0.1, 0.15) is 35.2 Å². The Hall–Kier alpha value is -4.00. The molecule has 2 N–H and O–H groups in total. The van der Waals surface area contributed by atoms with Gasteiger partial charge in [-0.05, 0) is 71.8 Å². The smallest absolute Gasteiger partial charge is 0.170 e. The zero-order valence-electron chi connectivity index (χ0n) is 19.9. The molecular formula is C30H22Cl2O6. The van der Waals surface area contributed by atoms with Gasteiger partial charge in [0.25, 0.3) is 0 Å². The van der Waals surface area contributed by atoms with Crippen LogP contribution in [0, 0.1) is 0 Å². The summed E-state index contributed by atoms with van der Waals surface area (Å²) in [5, 5.41) is 20.1. The molecule has 38 heavy (non-hydrogen) atoms. The molecule has 0 fully saturated rings. The first-order chi connectivity index (χ1) is 18.3. The number of benzene rings is 4. The van der Waals surface area contributed by atoms with Crippen LogP contribution in [-0.2, 0) is 0 Å². The highest BCUT2D eigenvalue weighted by atomic mass is 35.5. The number of Topliss-reactive ketones (excluding diaryl/α,β-unsaturated/α-hetero) is 2. The van der Waals surface area contributed by atoms with Crippen molar-refractivity contribution in [2.75, 3.05) is 0 Å². The van der Waals surface area contributed by atoms with Crippen molar-refractivity contribution in [3.63, 3.8) is 0 Å². The van der Waals surface area contributed by atoms with Crippen LogP contribution in [0.2, 0.25) is 10.0 Å². The third kappa shape index (κ3) is 5.62. The molecule has 0 saturated carbocycles. The van der Waals surface area contributed by atoms with E-state index in [0.29, 0.717) is 32.7 Å². The molecule has 0 spiro atoms. The molecule has 0 amide bonds. The fourth-order valence-electron chi connectivity index (χ4n) is 4.35. The van der Waals surface area contributed by atoms with Gasteiger partial charge in [-0.25, -0.2) is 0 Å². The van der Waals surface area contributed by atoms with E-state index >= 15 is 0 Å². The van der Waals surface area contributed by atoms with Crippen LogP contribution in [0.1, 0.15) is 56.9 Å². The van der Waals surface area contributed by atoms with Crippen molar-refractivity contribution in [3.05, 3.63) is 117 Å². The van der Waals surface area contributed by atoms with Gasteiger partial charge in [-0.15, -0.1) is 0 Å². The van der Waals surface area contributed by atoms with Gasteiger partial charge in [-0.1, -0.05) is 47.5 Å². The van der Waals surface area contributed by atoms with E-state index in [1.54, 1.807) is 36.4 Å². The third-order valence-corrected chi connectivity index (χ3v) is 6.79. The summed E-state index contributed by atoms with van der Waals surface area (Å²) in [5.41, 5.74) is 2.70. The molecular weight excluding hydrogens is 527 g/mol. The fraction of sp³-hybridized carbons (Fsp3) is 0.133. The molecule has 0 radical (unpaired) electrons. The lowest BCUT2D eigenvalue weighted by Gasteiger charge is -2.25. The SMILES string of the molecule is O=C1CC(c2ccc(Cl)cc2)Oc2ccc(O)cc21.O=C1CC(c2ccc(Cl)cc2)Oc2ccc(O)cc21. The van der Waals surface area contributed by atoms with Crippen LogP contribution in [0.5, 0.6) is 23.0 Å². The summed E-state index contributed by atoms with van der Waals surface area (Å²) in [6.45, 7) is 0. The van der Waals surface area contributed by atoms with Crippen molar-refractivity contribution in [2.24, 2.45) is 0 Å². The molecule has 0 bridgehead atoms. The number of hydrogen-bond donors (Lipinski definition) is 2. The quantitative estimate of drug-likeness (QED) is 0.269. The molecule has 2 heterocycles. The Morgan fingerprint density at radius 1 is 0.579 bits per heavy atom. The normalized spacial score (nSPS) is 17.7. The van der Waals surface area contributed by atoms with E-state index in [9.17, 15) is 19.8 Å². The van der Waals surface area contributed by atoms with Crippen LogP contribution < -0.4 is 9.47 Å². The number of carbonyl (C=O) groups excluding carboxylic acids is 2. The van der Waals surface area contributed by atoms with Gasteiger partial charge in [0.05, 0.1) is 24.0 Å². The summed E-state index contributed by atoms with van der Waals surface area (Å²) >= 11 is 11.7. The van der Waals surface area contributed by atoms with Gasteiger partial charge in [-0.2, -0.15) is 0 Å². The largest absolute Gasteiger partial charge is 0.508 e. The number of ketones is 2. The predicted octanol–water partition coefficient (Wildman–Crippen LogP) is 7.50. The third-order valence-electron chi connectivity index (χ3n) is 6.29. The van der Waals surface area contributed by atoms with E-state index in [1.165, 1.54) is 24.3 Å². The molecule has 6 rings (SSSR count). The molecule has 0 aliphatic carbocycles. The standard InChI is InChI=1S/2C15H11ClO3/c2*16-10-3-1-9(2-4-10)15-8-13(18)12-7-11(17)5-6-14(12)19-15/h2*1-7,15,17H,8H2. The van der Waals surface area contributed by atoms with E-state index < -0.39 is 0 Å². The molecule has 0 saturated heterocycles. The van der Waals surface area contributed by atoms with E-state index in [-0.39, 0.29) is 48.1 Å². The molecule has 192 valence electrons. The van der Waals surface area contributed by atoms with Gasteiger partial charge in [-0.3, -0.25) is 9.59 Å². The molecule has 8 heteroatoms. The maximum Gasteiger partial charge on any atom is 0.170 e. The zero-order valence-corrected chi connectivity index (χ0v) is 21.4. The minimum atomic E-state index is -0.304. The Morgan fingerprint density at radius 3 is 1.32 bits per heavy atom. The number of carbonyl (C=O) groups is 2. The van der Waals surface area contributed by atoms with Crippen LogP contribution >= 0.6 is 23.2 Å². The van der Waals surface area contributed by atoms with Gasteiger partial charge in [0, 0.05) is 10.0 Å². The summed E-state index contributed by atoms with van der Waals surface area (Å²) in [6, 6.07) is 23.6. The van der Waals surface area contributed by atoms with Crippen molar-refractivity contribution in [1.29, 1.82) is 0 Å². The Balaban J connectivity index is 0.000000155. The number of aromatic hydroxyl groups is 2. The minimum absolute atomic E-state index is 0.0305. The first-order valence-electron chi connectivity index (χ1n) is 11.8. The summed E-state index contributed by atoms with van der Waals surface area (Å²) < 4.78 is 11.6. The Kier molecular flexibility index (Phi) is 7.27. The highest BCUT2D eigenvalue weighted by molar-refractivity contribution is 6.30. The summed E-state index contributed by atoms with van der Waals surface area (Å²) in [4.78, 5) is 24.1. The Labute approximate surface area is 229 Å². The predicted molar refractivity (Wildman–Crippen MR) is 144 cm³/mol. The summed E-state index contributed by atoms with van der Waals surface area (Å²) in [5.74, 6) is 1.10. The topological polar surface area (TPSA) is 93.1 Å². The van der Waals surface area contributed by atoms with Crippen molar-refractivity contribution < 1.29 is 29.3 Å². The number of phenolic OH excluding ortho intramolecular Hbond substituents is 2. The number of ether oxygens (including phenoxy) is 2. The van der Waals surface area contributed by atoms with Crippen molar-refractivity contribution in [2.45, 2.75) is 25.0 Å². The van der Waals surface area contributed by atoms with E-state index in [4.69, 9.17) is 32.7 Å². The second-order valence-corrected chi connectivity index (χ2v) is 9.80. The number of fused-ring (bicyclic) bond motifs is 2. The van der Waals surface area contributed by atoms with E-state index in [1.807, 2.05) is 24.3 Å². The molecule has 0 aromatic heterocycles. The maximum atomic E-state index is 12.1. The van der Waals surface area contributed by atoms with Gasteiger partial charge in [0.15, 0.2) is 11.6 Å². The summed E-state index contributed by atoms with van der Waals surface area (Å²) in [7, 11) is 0. The van der Waals surface area contributed by atoms with Crippen LogP contribution in [0.25, 0.3) is 0 Å². The molecule has 4 aromatic rings. The van der Waals surface area contributed by atoms with Crippen LogP contribution in [0.4, 0.5) is 0 Å². The zero-order chi connectivity index (χ0) is 26.8. The number of halogens is 2. The average Bonchev–Trinajstić information content (AvgIpc) is 2.90. The highest BCUT2D eigenvalue weighted by Gasteiger charge is 2.29. The number of hydrogen-bond acceptors (Lipinski definition) is 6. The van der Waals surface area contributed by atoms with Crippen LogP contribution in [0.15, 0.2) is 84.9 Å². The van der Waals surface area contributed by atoms with Crippen LogP contribution in [0.3, 0.4) is 0 Å². The van der Waals surface area contributed by atoms with Crippen molar-refractivity contribution >= 4 is 34.8 Å².